The number of hydrogen-bond donors (Lipinski definition) is 2. The van der Waals surface area contributed by atoms with Crippen LogP contribution in [0.5, 0.6) is 0 Å². The van der Waals surface area contributed by atoms with E-state index in [0.29, 0.717) is 13.0 Å². The third-order valence-electron chi connectivity index (χ3n) is 2.94. The van der Waals surface area contributed by atoms with Crippen molar-refractivity contribution in [3.05, 3.63) is 0 Å². The lowest BCUT2D eigenvalue weighted by molar-refractivity contribution is -0.140. The lowest BCUT2D eigenvalue weighted by atomic mass is 9.83. The van der Waals surface area contributed by atoms with Crippen molar-refractivity contribution in [3.63, 3.8) is 0 Å². The van der Waals surface area contributed by atoms with E-state index in [9.17, 15) is 9.59 Å². The normalized spacial score (nSPS) is 23.6. The Bertz CT molecular complexity index is 267. The van der Waals surface area contributed by atoms with Gasteiger partial charge in [-0.25, -0.2) is 0 Å². The summed E-state index contributed by atoms with van der Waals surface area (Å²) < 4.78 is 0. The topological polar surface area (TPSA) is 72.2 Å². The molecular formula is C11H22N2O2S. The summed E-state index contributed by atoms with van der Waals surface area (Å²) in [5.41, 5.74) is 4.70. The number of carbonyl (C=O) groups excluding carboxylic acids is 2. The summed E-state index contributed by atoms with van der Waals surface area (Å²) in [6.07, 6.45) is 2.98. The largest absolute Gasteiger partial charge is 0.344 e. The number of nitrogens with two attached hydrogens (primary N) is 1. The predicted molar refractivity (Wildman–Crippen MR) is 68.6 cm³/mol. The molecule has 4 nitrogen and oxygen atoms in total. The number of Topliss-reactive ketones (excluding diaryl/α,β-unsaturated/α-hetero) is 1. The van der Waals surface area contributed by atoms with Gasteiger partial charge in [-0.1, -0.05) is 6.42 Å². The lowest BCUT2D eigenvalue weighted by Gasteiger charge is -2.33. The Morgan fingerprint density at radius 1 is 1.38 bits per heavy atom. The van der Waals surface area contributed by atoms with Crippen molar-refractivity contribution in [1.82, 2.24) is 5.32 Å². The van der Waals surface area contributed by atoms with Gasteiger partial charge in [0.2, 0.25) is 5.91 Å². The van der Waals surface area contributed by atoms with E-state index < -0.39 is 5.54 Å². The first-order valence-corrected chi connectivity index (χ1v) is 5.53. The highest BCUT2D eigenvalue weighted by molar-refractivity contribution is 7.59. The minimum Gasteiger partial charge on any atom is -0.344 e. The Hall–Kier alpha value is -0.550. The molecule has 1 amide bonds. The second-order valence-corrected chi connectivity index (χ2v) is 4.72. The Balaban J connectivity index is 0.00000225. The summed E-state index contributed by atoms with van der Waals surface area (Å²) >= 11 is 0. The van der Waals surface area contributed by atoms with Gasteiger partial charge in [0.05, 0.1) is 5.54 Å². The third-order valence-corrected chi connectivity index (χ3v) is 2.94. The Labute approximate surface area is 104 Å². The zero-order valence-electron chi connectivity index (χ0n) is 10.0. The smallest absolute Gasteiger partial charge is 0.224 e. The van der Waals surface area contributed by atoms with Gasteiger partial charge < -0.3 is 11.1 Å². The number of unbranched alkanes of at least 4 members (excludes halogenated alkanes) is 1. The van der Waals surface area contributed by atoms with Crippen LogP contribution in [0.1, 0.15) is 39.5 Å². The highest BCUT2D eigenvalue weighted by Crippen LogP contribution is 2.23. The predicted octanol–water partition coefficient (Wildman–Crippen LogP) is 0.712. The molecule has 1 aliphatic heterocycles. The van der Waals surface area contributed by atoms with Crippen LogP contribution in [-0.4, -0.2) is 23.8 Å². The first-order chi connectivity index (χ1) is 6.97. The maximum absolute atomic E-state index is 11.7. The minimum atomic E-state index is -0.679. The maximum Gasteiger partial charge on any atom is 0.224 e. The molecule has 1 aliphatic rings. The molecule has 0 aliphatic carbocycles. The Kier molecular flexibility index (Phi) is 6.04. The van der Waals surface area contributed by atoms with Crippen molar-refractivity contribution in [3.8, 4) is 0 Å². The number of rotatable bonds is 4. The van der Waals surface area contributed by atoms with Gasteiger partial charge in [-0.05, 0) is 33.2 Å². The molecule has 1 rings (SSSR count). The zero-order valence-corrected chi connectivity index (χ0v) is 11.0. The SMILES string of the molecule is CC1(C)NC(=O)[C@H](CCCCN)CC1=O.S. The van der Waals surface area contributed by atoms with Crippen LogP contribution in [0.3, 0.4) is 0 Å². The highest BCUT2D eigenvalue weighted by atomic mass is 32.1. The van der Waals surface area contributed by atoms with Crippen LogP contribution in [-0.2, 0) is 9.59 Å². The molecule has 94 valence electrons. The van der Waals surface area contributed by atoms with E-state index >= 15 is 0 Å². The first-order valence-electron chi connectivity index (χ1n) is 5.53. The number of hydrogen-bond acceptors (Lipinski definition) is 3. The standard InChI is InChI=1S/C11H20N2O2.H2S/c1-11(2)9(14)7-8(10(15)13-11)5-3-4-6-12;/h8H,3-7,12H2,1-2H3,(H,13,15);1H2/t8-;/m1./s1. The van der Waals surface area contributed by atoms with E-state index in [0.717, 1.165) is 19.3 Å². The Morgan fingerprint density at radius 2 is 2.00 bits per heavy atom. The van der Waals surface area contributed by atoms with E-state index in [1.807, 2.05) is 0 Å². The van der Waals surface area contributed by atoms with Crippen molar-refractivity contribution in [2.24, 2.45) is 11.7 Å². The molecule has 3 N–H and O–H groups in total. The molecule has 0 aromatic rings. The average molecular weight is 246 g/mol. The van der Waals surface area contributed by atoms with Crippen molar-refractivity contribution in [1.29, 1.82) is 0 Å². The number of ketones is 1. The quantitative estimate of drug-likeness (QED) is 0.718. The number of piperidine rings is 1. The summed E-state index contributed by atoms with van der Waals surface area (Å²) in [5.74, 6) is -0.00598. The third kappa shape index (κ3) is 3.79. The van der Waals surface area contributed by atoms with Crippen molar-refractivity contribution < 1.29 is 9.59 Å². The van der Waals surface area contributed by atoms with Crippen molar-refractivity contribution >= 4 is 25.2 Å². The molecule has 0 unspecified atom stereocenters. The fraction of sp³-hybridized carbons (Fsp3) is 0.818. The van der Waals surface area contributed by atoms with E-state index in [-0.39, 0.29) is 31.1 Å². The van der Waals surface area contributed by atoms with Crippen LogP contribution in [0.25, 0.3) is 0 Å². The van der Waals surface area contributed by atoms with Crippen molar-refractivity contribution in [2.75, 3.05) is 6.54 Å². The Morgan fingerprint density at radius 3 is 2.56 bits per heavy atom. The van der Waals surface area contributed by atoms with E-state index in [2.05, 4.69) is 5.32 Å². The van der Waals surface area contributed by atoms with Gasteiger partial charge in [-0.3, -0.25) is 9.59 Å². The first kappa shape index (κ1) is 15.4. The second-order valence-electron chi connectivity index (χ2n) is 4.72. The van der Waals surface area contributed by atoms with E-state index in [1.54, 1.807) is 13.8 Å². The second kappa shape index (κ2) is 6.25. The molecule has 0 aromatic heterocycles. The number of amides is 1. The molecule has 0 saturated carbocycles. The molecule has 0 bridgehead atoms. The molecule has 1 fully saturated rings. The van der Waals surface area contributed by atoms with Gasteiger partial charge in [0.1, 0.15) is 0 Å². The molecule has 5 heteroatoms. The van der Waals surface area contributed by atoms with Gasteiger partial charge in [-0.2, -0.15) is 13.5 Å². The minimum absolute atomic E-state index is 0. The van der Waals surface area contributed by atoms with Crippen molar-refractivity contribution in [2.45, 2.75) is 45.1 Å². The van der Waals surface area contributed by atoms with Crippen LogP contribution in [0, 0.1) is 5.92 Å². The molecular weight excluding hydrogens is 224 g/mol. The molecule has 16 heavy (non-hydrogen) atoms. The fourth-order valence-electron chi connectivity index (χ4n) is 1.82. The molecule has 0 spiro atoms. The molecule has 1 heterocycles. The van der Waals surface area contributed by atoms with Crippen LogP contribution in [0.15, 0.2) is 0 Å². The van der Waals surface area contributed by atoms with E-state index in [1.165, 1.54) is 0 Å². The maximum atomic E-state index is 11.7. The summed E-state index contributed by atoms with van der Waals surface area (Å²) in [6, 6.07) is 0. The molecule has 1 saturated heterocycles. The van der Waals surface area contributed by atoms with Crippen LogP contribution in [0.2, 0.25) is 0 Å². The summed E-state index contributed by atoms with van der Waals surface area (Å²) in [7, 11) is 0. The highest BCUT2D eigenvalue weighted by Gasteiger charge is 2.38. The van der Waals surface area contributed by atoms with E-state index in [4.69, 9.17) is 5.73 Å². The molecule has 1 atom stereocenters. The van der Waals surface area contributed by atoms with Crippen LogP contribution < -0.4 is 11.1 Å². The van der Waals surface area contributed by atoms with Gasteiger partial charge in [-0.15, -0.1) is 0 Å². The van der Waals surface area contributed by atoms with Gasteiger partial charge in [0.25, 0.3) is 0 Å². The van der Waals surface area contributed by atoms with Gasteiger partial charge in [0, 0.05) is 12.3 Å². The van der Waals surface area contributed by atoms with Crippen LogP contribution in [0.4, 0.5) is 0 Å². The number of nitrogens with one attached hydrogen (secondary N) is 1. The summed E-state index contributed by atoms with van der Waals surface area (Å²) in [5, 5.41) is 2.76. The van der Waals surface area contributed by atoms with Gasteiger partial charge in [0.15, 0.2) is 5.78 Å². The van der Waals surface area contributed by atoms with Crippen LogP contribution >= 0.6 is 13.5 Å². The average Bonchev–Trinajstić information content (AvgIpc) is 2.13. The monoisotopic (exact) mass is 246 g/mol. The number of carbonyl (C=O) groups is 2. The van der Waals surface area contributed by atoms with Gasteiger partial charge >= 0.3 is 0 Å². The molecule has 0 radical (unpaired) electrons. The molecule has 0 aromatic carbocycles. The summed E-state index contributed by atoms with van der Waals surface area (Å²) in [4.78, 5) is 23.3. The lowest BCUT2D eigenvalue weighted by Crippen LogP contribution is -2.56. The zero-order chi connectivity index (χ0) is 11.5. The summed E-state index contributed by atoms with van der Waals surface area (Å²) in [6.45, 7) is 4.15. The fourth-order valence-corrected chi connectivity index (χ4v) is 1.82.